The van der Waals surface area contributed by atoms with E-state index in [9.17, 15) is 0 Å². The second-order valence-electron chi connectivity index (χ2n) is 10.8. The first-order valence-corrected chi connectivity index (χ1v) is 15.3. The van der Waals surface area contributed by atoms with Crippen LogP contribution in [0, 0.1) is 0 Å². The molecule has 0 amide bonds. The molecule has 0 aliphatic carbocycles. The molecule has 0 radical (unpaired) electrons. The van der Waals surface area contributed by atoms with E-state index in [4.69, 9.17) is 0 Å². The summed E-state index contributed by atoms with van der Waals surface area (Å²) < 4.78 is 2.56. The predicted octanol–water partition coefficient (Wildman–Crippen LogP) is 10.6. The smallest absolute Gasteiger partial charge is 0.247 e. The van der Waals surface area contributed by atoms with E-state index in [1.807, 2.05) is 0 Å². The zero-order chi connectivity index (χ0) is 24.0. The number of hydrogen-bond donors (Lipinski definition) is 1. The van der Waals surface area contributed by atoms with Crippen LogP contribution in [0.1, 0.15) is 187 Å². The third-order valence-corrected chi connectivity index (χ3v) is 7.62. The molecule has 0 aliphatic rings. The van der Waals surface area contributed by atoms with E-state index in [1.165, 1.54) is 147 Å². The number of unbranched alkanes of at least 4 members (excludes halogenated alkanes) is 16. The summed E-state index contributed by atoms with van der Waals surface area (Å²) >= 11 is 0. The van der Waals surface area contributed by atoms with E-state index in [2.05, 4.69) is 49.6 Å². The molecule has 1 N–H and O–H groups in total. The van der Waals surface area contributed by atoms with Crippen LogP contribution >= 0.6 is 0 Å². The van der Waals surface area contributed by atoms with Gasteiger partial charge in [0, 0.05) is 0 Å². The zero-order valence-electron chi connectivity index (χ0n) is 23.3. The predicted molar refractivity (Wildman–Crippen MR) is 147 cm³/mol. The summed E-state index contributed by atoms with van der Waals surface area (Å²) in [4.78, 5) is 3.66. The van der Waals surface area contributed by atoms with Crippen molar-refractivity contribution >= 4 is 0 Å². The number of aromatic amines is 1. The van der Waals surface area contributed by atoms with Crippen LogP contribution in [0.2, 0.25) is 0 Å². The van der Waals surface area contributed by atoms with Gasteiger partial charge in [-0.25, -0.2) is 9.55 Å². The number of nitrogens with one attached hydrogen (secondary N) is 1. The highest BCUT2D eigenvalue weighted by Gasteiger charge is 2.25. The molecule has 33 heavy (non-hydrogen) atoms. The molecule has 0 aromatic carbocycles. The standard InChI is InChI=1S/C31H60N2/c1-5-8-10-12-14-15-16-17-18-19-21-23-26-30(25-22-20-13-11-9-6-2)31-32-27-28-33(31)29(4)24-7-3/h27-30H,5-26H2,1-4H3/p+1. The number of rotatable bonds is 24. The van der Waals surface area contributed by atoms with Gasteiger partial charge in [0.25, 0.3) is 5.82 Å². The maximum Gasteiger partial charge on any atom is 0.257 e. The molecule has 1 heterocycles. The van der Waals surface area contributed by atoms with E-state index >= 15 is 0 Å². The Hall–Kier alpha value is -0.790. The van der Waals surface area contributed by atoms with E-state index < -0.39 is 0 Å². The maximum atomic E-state index is 3.66. The number of imidazole rings is 1. The molecule has 2 nitrogen and oxygen atoms in total. The van der Waals surface area contributed by atoms with Crippen molar-refractivity contribution in [1.82, 2.24) is 4.98 Å². The Bertz CT molecular complexity index is 521. The van der Waals surface area contributed by atoms with Crippen molar-refractivity contribution in [3.63, 3.8) is 0 Å². The second kappa shape index (κ2) is 21.7. The normalized spacial score (nSPS) is 13.5. The summed E-state index contributed by atoms with van der Waals surface area (Å²) in [7, 11) is 0. The highest BCUT2D eigenvalue weighted by Crippen LogP contribution is 2.27. The fourth-order valence-corrected chi connectivity index (χ4v) is 5.45. The van der Waals surface area contributed by atoms with E-state index in [0.717, 1.165) is 0 Å². The Kier molecular flexibility index (Phi) is 19.9. The van der Waals surface area contributed by atoms with Crippen LogP contribution in [0.15, 0.2) is 12.4 Å². The molecule has 2 unspecified atom stereocenters. The lowest BCUT2D eigenvalue weighted by molar-refractivity contribution is -0.727. The summed E-state index contributed by atoms with van der Waals surface area (Å²) in [5.41, 5.74) is 0. The number of H-pyrrole nitrogens is 1. The lowest BCUT2D eigenvalue weighted by Gasteiger charge is -2.17. The molecule has 0 saturated carbocycles. The quantitative estimate of drug-likeness (QED) is 0.117. The van der Waals surface area contributed by atoms with E-state index in [1.54, 1.807) is 0 Å². The Labute approximate surface area is 208 Å². The zero-order valence-corrected chi connectivity index (χ0v) is 23.3. The summed E-state index contributed by atoms with van der Waals surface area (Å²) in [5.74, 6) is 2.22. The van der Waals surface area contributed by atoms with Crippen molar-refractivity contribution in [2.75, 3.05) is 0 Å². The van der Waals surface area contributed by atoms with Gasteiger partial charge in [-0.3, -0.25) is 0 Å². The van der Waals surface area contributed by atoms with Gasteiger partial charge in [-0.2, -0.15) is 0 Å². The minimum absolute atomic E-state index is 0.616. The van der Waals surface area contributed by atoms with Gasteiger partial charge in [0.05, 0.1) is 12.0 Å². The number of nitrogens with zero attached hydrogens (tertiary/aromatic N) is 1. The van der Waals surface area contributed by atoms with Gasteiger partial charge in [0.1, 0.15) is 12.4 Å². The fourth-order valence-electron chi connectivity index (χ4n) is 5.45. The van der Waals surface area contributed by atoms with Crippen molar-refractivity contribution in [2.24, 2.45) is 0 Å². The van der Waals surface area contributed by atoms with E-state index in [0.29, 0.717) is 12.0 Å². The molecule has 0 fully saturated rings. The van der Waals surface area contributed by atoms with Gasteiger partial charge in [-0.15, -0.1) is 0 Å². The molecule has 1 aromatic rings. The molecule has 1 aromatic heterocycles. The molecule has 0 spiro atoms. The van der Waals surface area contributed by atoms with Crippen LogP contribution in [0.3, 0.4) is 0 Å². The summed E-state index contributed by atoms with van der Waals surface area (Å²) in [6, 6.07) is 0.616. The molecular weight excluding hydrogens is 400 g/mol. The van der Waals surface area contributed by atoms with Crippen molar-refractivity contribution in [3.05, 3.63) is 18.2 Å². The lowest BCUT2D eigenvalue weighted by Crippen LogP contribution is -2.41. The van der Waals surface area contributed by atoms with Crippen molar-refractivity contribution in [3.8, 4) is 0 Å². The van der Waals surface area contributed by atoms with Gasteiger partial charge in [-0.1, -0.05) is 143 Å². The Morgan fingerprint density at radius 1 is 0.576 bits per heavy atom. The lowest BCUT2D eigenvalue weighted by atomic mass is 9.93. The molecule has 1 rings (SSSR count). The van der Waals surface area contributed by atoms with Crippen LogP contribution in [-0.4, -0.2) is 4.98 Å². The monoisotopic (exact) mass is 461 g/mol. The molecule has 2 atom stereocenters. The topological polar surface area (TPSA) is 19.7 Å². The number of aromatic nitrogens is 2. The highest BCUT2D eigenvalue weighted by atomic mass is 15.1. The van der Waals surface area contributed by atoms with Gasteiger partial charge in [0.15, 0.2) is 0 Å². The molecule has 0 aliphatic heterocycles. The fraction of sp³-hybridized carbons (Fsp3) is 0.903. The second-order valence-corrected chi connectivity index (χ2v) is 10.8. The SMILES string of the molecule is CCCCCCCCCCCCCCC(CCCCCCCC)c1[nH]cc[n+]1C(C)CCC. The van der Waals surface area contributed by atoms with Crippen LogP contribution in [0.5, 0.6) is 0 Å². The van der Waals surface area contributed by atoms with Crippen LogP contribution < -0.4 is 4.57 Å². The molecule has 0 saturated heterocycles. The van der Waals surface area contributed by atoms with Gasteiger partial charge in [0.2, 0.25) is 0 Å². The average molecular weight is 462 g/mol. The first kappa shape index (κ1) is 30.2. The third-order valence-electron chi connectivity index (χ3n) is 7.62. The maximum absolute atomic E-state index is 3.66. The van der Waals surface area contributed by atoms with Crippen LogP contribution in [-0.2, 0) is 0 Å². The minimum Gasteiger partial charge on any atom is -0.247 e. The third kappa shape index (κ3) is 14.9. The largest absolute Gasteiger partial charge is 0.257 e. The highest BCUT2D eigenvalue weighted by molar-refractivity contribution is 4.90. The Morgan fingerprint density at radius 3 is 1.42 bits per heavy atom. The van der Waals surface area contributed by atoms with Crippen LogP contribution in [0.4, 0.5) is 0 Å². The molecular formula is C31H61N2+. The summed E-state index contributed by atoms with van der Waals surface area (Å²) in [5, 5.41) is 0. The Balaban J connectivity index is 2.33. The molecule has 2 heteroatoms. The van der Waals surface area contributed by atoms with Gasteiger partial charge in [-0.05, 0) is 26.2 Å². The Morgan fingerprint density at radius 2 is 1.00 bits per heavy atom. The summed E-state index contributed by atoms with van der Waals surface area (Å²) in [6.45, 7) is 9.32. The first-order chi connectivity index (χ1) is 16.2. The van der Waals surface area contributed by atoms with Gasteiger partial charge < -0.3 is 0 Å². The van der Waals surface area contributed by atoms with Crippen molar-refractivity contribution in [2.45, 2.75) is 181 Å². The van der Waals surface area contributed by atoms with Crippen molar-refractivity contribution < 1.29 is 4.57 Å². The molecule has 194 valence electrons. The van der Waals surface area contributed by atoms with Gasteiger partial charge >= 0.3 is 0 Å². The molecule has 0 bridgehead atoms. The number of hydrogen-bond acceptors (Lipinski definition) is 0. The summed E-state index contributed by atoms with van der Waals surface area (Å²) in [6.07, 6.45) is 35.4. The minimum atomic E-state index is 0.616. The van der Waals surface area contributed by atoms with E-state index in [-0.39, 0.29) is 0 Å². The first-order valence-electron chi connectivity index (χ1n) is 15.3. The van der Waals surface area contributed by atoms with Crippen LogP contribution in [0.25, 0.3) is 0 Å². The van der Waals surface area contributed by atoms with Crippen molar-refractivity contribution in [1.29, 1.82) is 0 Å². The average Bonchev–Trinajstić information content (AvgIpc) is 3.30.